The predicted octanol–water partition coefficient (Wildman–Crippen LogP) is 6.64. The quantitative estimate of drug-likeness (QED) is 0.0239. The molecule has 0 saturated heterocycles. The Bertz CT molecular complexity index is 848. The molecule has 0 aliphatic heterocycles. The fourth-order valence-electron chi connectivity index (χ4n) is 6.24. The van der Waals surface area contributed by atoms with Crippen molar-refractivity contribution in [1.82, 2.24) is 0 Å². The van der Waals surface area contributed by atoms with E-state index in [0.717, 1.165) is 38.5 Å². The number of ether oxygens (including phenoxy) is 2. The first-order valence-electron chi connectivity index (χ1n) is 19.9. The second-order valence-corrected chi connectivity index (χ2v) is 15.6. The van der Waals surface area contributed by atoms with Gasteiger partial charge in [0.05, 0.1) is 13.2 Å². The number of hydrogen-bond donors (Lipinski definition) is 6. The van der Waals surface area contributed by atoms with Gasteiger partial charge in [-0.2, -0.15) is 0 Å². The molecule has 0 bridgehead atoms. The van der Waals surface area contributed by atoms with Crippen molar-refractivity contribution in [3.05, 3.63) is 0 Å². The van der Waals surface area contributed by atoms with Crippen LogP contribution >= 0.6 is 7.82 Å². The topological polar surface area (TPSA) is 192 Å². The monoisotopic (exact) mass is 740 g/mol. The van der Waals surface area contributed by atoms with Crippen LogP contribution in [0.15, 0.2) is 0 Å². The molecule has 1 aliphatic rings. The summed E-state index contributed by atoms with van der Waals surface area (Å²) in [5, 5.41) is 49.9. The van der Waals surface area contributed by atoms with Gasteiger partial charge in [-0.25, -0.2) is 4.57 Å². The average Bonchev–Trinajstić information content (AvgIpc) is 3.09. The van der Waals surface area contributed by atoms with Crippen molar-refractivity contribution in [2.24, 2.45) is 0 Å². The van der Waals surface area contributed by atoms with Gasteiger partial charge in [0, 0.05) is 13.0 Å². The lowest BCUT2D eigenvalue weighted by atomic mass is 9.85. The maximum atomic E-state index is 12.7. The zero-order chi connectivity index (χ0) is 37.0. The molecule has 0 amide bonds. The van der Waals surface area contributed by atoms with E-state index in [-0.39, 0.29) is 13.0 Å². The minimum Gasteiger partial charge on any atom is -0.457 e. The summed E-state index contributed by atoms with van der Waals surface area (Å²) >= 11 is 0. The molecule has 50 heavy (non-hydrogen) atoms. The maximum absolute atomic E-state index is 12.7. The van der Waals surface area contributed by atoms with Crippen molar-refractivity contribution < 1.29 is 58.3 Å². The Labute approximate surface area is 302 Å². The second kappa shape index (κ2) is 29.8. The SMILES string of the molecule is CCCCCCCCCCCCCCCCOC[C@H](COP(=O)(O)OC1C(O)C(O)C(O)[C@@H](O)C1O)OC(=O)CCCCCCCCCCC. The lowest BCUT2D eigenvalue weighted by Gasteiger charge is -2.41. The minimum absolute atomic E-state index is 0.0692. The smallest absolute Gasteiger partial charge is 0.457 e. The van der Waals surface area contributed by atoms with Crippen LogP contribution in [0.3, 0.4) is 0 Å². The van der Waals surface area contributed by atoms with Crippen LogP contribution in [0.4, 0.5) is 0 Å². The van der Waals surface area contributed by atoms with Crippen molar-refractivity contribution in [2.75, 3.05) is 19.8 Å². The number of phosphoric ester groups is 1. The number of carbonyl (C=O) groups excluding carboxylic acids is 1. The van der Waals surface area contributed by atoms with Gasteiger partial charge in [0.25, 0.3) is 0 Å². The molecular weight excluding hydrogens is 667 g/mol. The molecular formula is C37H73O12P. The Hall–Kier alpha value is -0.660. The summed E-state index contributed by atoms with van der Waals surface area (Å²) in [6.45, 7) is 4.23. The third-order valence-electron chi connectivity index (χ3n) is 9.48. The number of carbonyl (C=O) groups is 1. The van der Waals surface area contributed by atoms with Gasteiger partial charge in [0.15, 0.2) is 0 Å². The van der Waals surface area contributed by atoms with Gasteiger partial charge >= 0.3 is 13.8 Å². The number of rotatable bonds is 33. The largest absolute Gasteiger partial charge is 0.472 e. The van der Waals surface area contributed by atoms with Crippen molar-refractivity contribution in [3.8, 4) is 0 Å². The molecule has 6 N–H and O–H groups in total. The Balaban J connectivity index is 2.44. The highest BCUT2D eigenvalue weighted by Crippen LogP contribution is 2.47. The van der Waals surface area contributed by atoms with E-state index in [1.807, 2.05) is 0 Å². The normalized spacial score (nSPS) is 24.2. The molecule has 1 fully saturated rings. The molecule has 0 heterocycles. The highest BCUT2D eigenvalue weighted by molar-refractivity contribution is 7.47. The molecule has 0 spiro atoms. The van der Waals surface area contributed by atoms with Gasteiger partial charge in [0.2, 0.25) is 0 Å². The summed E-state index contributed by atoms with van der Waals surface area (Å²) in [4.78, 5) is 22.9. The van der Waals surface area contributed by atoms with Crippen LogP contribution in [0.25, 0.3) is 0 Å². The van der Waals surface area contributed by atoms with Crippen LogP contribution in [0.1, 0.15) is 168 Å². The van der Waals surface area contributed by atoms with Crippen LogP contribution in [0, 0.1) is 0 Å². The van der Waals surface area contributed by atoms with Crippen LogP contribution in [-0.2, 0) is 27.9 Å². The molecule has 8 atom stereocenters. The van der Waals surface area contributed by atoms with Crippen LogP contribution in [0.5, 0.6) is 0 Å². The Morgan fingerprint density at radius 1 is 0.560 bits per heavy atom. The molecule has 12 nitrogen and oxygen atoms in total. The summed E-state index contributed by atoms with van der Waals surface area (Å²) in [6, 6.07) is 0. The average molecular weight is 741 g/mol. The van der Waals surface area contributed by atoms with E-state index in [1.165, 1.54) is 103 Å². The first-order chi connectivity index (χ1) is 24.0. The Morgan fingerprint density at radius 2 is 0.940 bits per heavy atom. The zero-order valence-electron chi connectivity index (χ0n) is 31.2. The standard InChI is InChI=1S/C37H73O12P/c1-3-5-7-9-11-13-14-15-16-17-19-21-23-25-27-46-28-30(48-31(38)26-24-22-20-18-12-10-8-6-4-2)29-47-50(44,45)49-37-35(42)33(40)32(39)34(41)36(37)43/h30,32-37,39-43H,3-29H2,1-2H3,(H,44,45)/t30-,32?,33-,34?,35?,36?,37?/m1/s1. The summed E-state index contributed by atoms with van der Waals surface area (Å²) < 4.78 is 33.9. The fraction of sp³-hybridized carbons (Fsp3) is 0.973. The summed E-state index contributed by atoms with van der Waals surface area (Å²) in [7, 11) is -5.00. The van der Waals surface area contributed by atoms with E-state index in [1.54, 1.807) is 0 Å². The third kappa shape index (κ3) is 22.4. The Kier molecular flexibility index (Phi) is 28.2. The summed E-state index contributed by atoms with van der Waals surface area (Å²) in [5.41, 5.74) is 0. The van der Waals surface area contributed by atoms with Crippen molar-refractivity contribution in [3.63, 3.8) is 0 Å². The summed E-state index contributed by atoms with van der Waals surface area (Å²) in [6.07, 6.45) is 14.8. The van der Waals surface area contributed by atoms with Gasteiger partial charge < -0.3 is 39.9 Å². The number of phosphoric acid groups is 1. The van der Waals surface area contributed by atoms with Crippen LogP contribution in [-0.4, -0.2) is 98.9 Å². The van der Waals surface area contributed by atoms with Gasteiger partial charge in [-0.05, 0) is 12.8 Å². The highest BCUT2D eigenvalue weighted by atomic mass is 31.2. The molecule has 1 saturated carbocycles. The van der Waals surface area contributed by atoms with Crippen molar-refractivity contribution >= 4 is 13.8 Å². The number of aliphatic hydroxyl groups is 5. The molecule has 0 aromatic carbocycles. The second-order valence-electron chi connectivity index (χ2n) is 14.1. The highest BCUT2D eigenvalue weighted by Gasteiger charge is 2.51. The molecule has 1 rings (SSSR count). The maximum Gasteiger partial charge on any atom is 0.472 e. The molecule has 6 unspecified atom stereocenters. The number of hydrogen-bond acceptors (Lipinski definition) is 11. The van der Waals surface area contributed by atoms with Crippen LogP contribution in [0.2, 0.25) is 0 Å². The molecule has 0 radical (unpaired) electrons. The van der Waals surface area contributed by atoms with Gasteiger partial charge in [-0.15, -0.1) is 0 Å². The third-order valence-corrected chi connectivity index (χ3v) is 10.5. The van der Waals surface area contributed by atoms with Gasteiger partial charge in [0.1, 0.15) is 42.7 Å². The minimum atomic E-state index is -5.00. The van der Waals surface area contributed by atoms with E-state index >= 15 is 0 Å². The van der Waals surface area contributed by atoms with E-state index in [0.29, 0.717) is 13.0 Å². The van der Waals surface area contributed by atoms with Gasteiger partial charge in [-0.1, -0.05) is 149 Å². The molecule has 1 aliphatic carbocycles. The van der Waals surface area contributed by atoms with E-state index in [2.05, 4.69) is 13.8 Å². The number of unbranched alkanes of at least 4 members (excludes halogenated alkanes) is 21. The number of esters is 1. The predicted molar refractivity (Wildman–Crippen MR) is 194 cm³/mol. The Morgan fingerprint density at radius 3 is 1.38 bits per heavy atom. The van der Waals surface area contributed by atoms with E-state index in [9.17, 15) is 39.8 Å². The van der Waals surface area contributed by atoms with Crippen molar-refractivity contribution in [1.29, 1.82) is 0 Å². The first-order valence-corrected chi connectivity index (χ1v) is 21.4. The fourth-order valence-corrected chi connectivity index (χ4v) is 7.21. The molecule has 0 aromatic heterocycles. The lowest BCUT2D eigenvalue weighted by molar-refractivity contribution is -0.220. The lowest BCUT2D eigenvalue weighted by Crippen LogP contribution is -2.64. The van der Waals surface area contributed by atoms with E-state index < -0.39 is 63.1 Å². The zero-order valence-corrected chi connectivity index (χ0v) is 32.1. The summed E-state index contributed by atoms with van der Waals surface area (Å²) in [5.74, 6) is -0.478. The number of aliphatic hydroxyl groups excluding tert-OH is 5. The van der Waals surface area contributed by atoms with Crippen molar-refractivity contribution in [2.45, 2.75) is 211 Å². The molecule has 0 aromatic rings. The van der Waals surface area contributed by atoms with E-state index in [4.69, 9.17) is 18.5 Å². The molecule has 298 valence electrons. The van der Waals surface area contributed by atoms with Gasteiger partial charge in [-0.3, -0.25) is 13.8 Å². The van der Waals surface area contributed by atoms with Crippen LogP contribution < -0.4 is 0 Å². The first kappa shape index (κ1) is 47.4. The molecule has 13 heteroatoms.